The molecule has 0 saturated carbocycles. The summed E-state index contributed by atoms with van der Waals surface area (Å²) in [6.07, 6.45) is 3.81. The molecule has 0 aliphatic carbocycles. The van der Waals surface area contributed by atoms with Crippen LogP contribution < -0.4 is 17.2 Å². The van der Waals surface area contributed by atoms with Crippen LogP contribution in [-0.2, 0) is 0 Å². The molecule has 0 atom stereocenters. The van der Waals surface area contributed by atoms with E-state index in [0.717, 1.165) is 11.1 Å². The van der Waals surface area contributed by atoms with Crippen molar-refractivity contribution in [3.63, 3.8) is 0 Å². The molecule has 7 heteroatoms. The predicted octanol–water partition coefficient (Wildman–Crippen LogP) is 2.85. The first kappa shape index (κ1) is 20.5. The molecule has 0 saturated heterocycles. The molecule has 0 bridgehead atoms. The lowest BCUT2D eigenvalue weighted by molar-refractivity contribution is 1.42. The van der Waals surface area contributed by atoms with Gasteiger partial charge in [-0.3, -0.25) is 10.8 Å². The Bertz CT molecular complexity index is 724. The van der Waals surface area contributed by atoms with Crippen LogP contribution in [0, 0.1) is 10.8 Å². The van der Waals surface area contributed by atoms with E-state index in [2.05, 4.69) is 0 Å². The van der Waals surface area contributed by atoms with E-state index in [-0.39, 0.29) is 36.5 Å². The highest BCUT2D eigenvalue weighted by Gasteiger charge is 2.00. The number of nitrogens with two attached hydrogens (primary N) is 3. The Kier molecular flexibility index (Phi) is 7.87. The Hall–Kier alpha value is -2.50. The van der Waals surface area contributed by atoms with Crippen molar-refractivity contribution in [1.82, 2.24) is 0 Å². The van der Waals surface area contributed by atoms with Gasteiger partial charge in [0.15, 0.2) is 0 Å². The summed E-state index contributed by atoms with van der Waals surface area (Å²) in [5, 5.41) is 14.7. The van der Waals surface area contributed by atoms with Crippen molar-refractivity contribution in [1.29, 1.82) is 10.8 Å². The number of rotatable bonds is 4. The molecule has 0 unspecified atom stereocenters. The summed E-state index contributed by atoms with van der Waals surface area (Å²) in [6.45, 7) is 0. The summed E-state index contributed by atoms with van der Waals surface area (Å²) in [7, 11) is 0. The molecule has 0 aliphatic heterocycles. The average Bonchev–Trinajstić information content (AvgIpc) is 2.46. The van der Waals surface area contributed by atoms with Gasteiger partial charge in [0.25, 0.3) is 0 Å². The molecule has 23 heavy (non-hydrogen) atoms. The molecule has 8 N–H and O–H groups in total. The van der Waals surface area contributed by atoms with Gasteiger partial charge >= 0.3 is 0 Å². The SMILES string of the molecule is Cl.Cl.N=C(N)c1ccc(/C=C/c2ccc(C(=N)N)cc2N)cc1. The standard InChI is InChI=1S/C16H17N5.2ClH/c17-14-9-13(16(20)21)8-7-11(14)4-1-10-2-5-12(6-3-10)15(18)19;;/h1-9H,17H2,(H3,18,19)(H3,20,21);2*1H/b4-1+;;. The molecule has 0 heterocycles. The molecule has 0 aromatic heterocycles. The van der Waals surface area contributed by atoms with Gasteiger partial charge in [-0.25, -0.2) is 0 Å². The topological polar surface area (TPSA) is 126 Å². The highest BCUT2D eigenvalue weighted by atomic mass is 35.5. The maximum absolute atomic E-state index is 7.37. The number of hydrogen-bond acceptors (Lipinski definition) is 3. The maximum atomic E-state index is 7.37. The van der Waals surface area contributed by atoms with Crippen molar-refractivity contribution in [2.45, 2.75) is 0 Å². The van der Waals surface area contributed by atoms with Crippen LogP contribution >= 0.6 is 24.8 Å². The number of benzene rings is 2. The van der Waals surface area contributed by atoms with Crippen LogP contribution in [0.2, 0.25) is 0 Å². The largest absolute Gasteiger partial charge is 0.398 e. The van der Waals surface area contributed by atoms with Crippen molar-refractivity contribution in [2.24, 2.45) is 11.5 Å². The molecule has 2 aromatic rings. The van der Waals surface area contributed by atoms with Gasteiger partial charge < -0.3 is 17.2 Å². The maximum Gasteiger partial charge on any atom is 0.122 e. The molecule has 5 nitrogen and oxygen atoms in total. The molecular weight excluding hydrogens is 333 g/mol. The molecule has 2 rings (SSSR count). The monoisotopic (exact) mass is 351 g/mol. The van der Waals surface area contributed by atoms with E-state index < -0.39 is 0 Å². The second-order valence-electron chi connectivity index (χ2n) is 4.63. The first-order valence-electron chi connectivity index (χ1n) is 6.34. The van der Waals surface area contributed by atoms with Gasteiger partial charge in [0.1, 0.15) is 11.7 Å². The Balaban J connectivity index is 0.00000242. The van der Waals surface area contributed by atoms with Gasteiger partial charge in [0.05, 0.1) is 0 Å². The quantitative estimate of drug-likeness (QED) is 0.251. The van der Waals surface area contributed by atoms with Crippen molar-refractivity contribution in [2.75, 3.05) is 5.73 Å². The highest BCUT2D eigenvalue weighted by Crippen LogP contribution is 2.17. The molecule has 0 radical (unpaired) electrons. The minimum absolute atomic E-state index is 0. The van der Waals surface area contributed by atoms with Crippen LogP contribution in [0.15, 0.2) is 42.5 Å². The smallest absolute Gasteiger partial charge is 0.122 e. The van der Waals surface area contributed by atoms with E-state index in [1.54, 1.807) is 24.3 Å². The second kappa shape index (κ2) is 8.82. The summed E-state index contributed by atoms with van der Waals surface area (Å²) in [5.41, 5.74) is 20.5. The third kappa shape index (κ3) is 5.32. The normalized spacial score (nSPS) is 9.74. The fourth-order valence-electron chi connectivity index (χ4n) is 1.85. The van der Waals surface area contributed by atoms with E-state index in [1.807, 2.05) is 30.4 Å². The average molecular weight is 352 g/mol. The Morgan fingerprint density at radius 2 is 1.30 bits per heavy atom. The lowest BCUT2D eigenvalue weighted by Gasteiger charge is -2.04. The van der Waals surface area contributed by atoms with Crippen LogP contribution in [0.3, 0.4) is 0 Å². The highest BCUT2D eigenvalue weighted by molar-refractivity contribution is 5.97. The zero-order valence-corrected chi connectivity index (χ0v) is 13.9. The lowest BCUT2D eigenvalue weighted by Crippen LogP contribution is -2.11. The van der Waals surface area contributed by atoms with Gasteiger partial charge in [-0.15, -0.1) is 24.8 Å². The number of nitrogens with one attached hydrogen (secondary N) is 2. The molecular formula is C16H19Cl2N5. The summed E-state index contributed by atoms with van der Waals surface area (Å²) in [6, 6.07) is 12.6. The third-order valence-corrected chi connectivity index (χ3v) is 3.07. The molecule has 122 valence electrons. The van der Waals surface area contributed by atoms with Crippen LogP contribution in [0.5, 0.6) is 0 Å². The number of halogens is 2. The fraction of sp³-hybridized carbons (Fsp3) is 0. The summed E-state index contributed by atoms with van der Waals surface area (Å²) in [4.78, 5) is 0. The van der Waals surface area contributed by atoms with E-state index in [0.29, 0.717) is 16.8 Å². The first-order chi connectivity index (χ1) is 9.97. The number of nitrogen functional groups attached to an aromatic ring is 3. The van der Waals surface area contributed by atoms with E-state index in [9.17, 15) is 0 Å². The van der Waals surface area contributed by atoms with Crippen LogP contribution in [0.1, 0.15) is 22.3 Å². The van der Waals surface area contributed by atoms with Crippen molar-refractivity contribution in [3.05, 3.63) is 64.7 Å². The minimum atomic E-state index is -0.00273. The second-order valence-corrected chi connectivity index (χ2v) is 4.63. The van der Waals surface area contributed by atoms with Crippen LogP contribution in [-0.4, -0.2) is 11.7 Å². The van der Waals surface area contributed by atoms with Crippen molar-refractivity contribution < 1.29 is 0 Å². The van der Waals surface area contributed by atoms with Gasteiger partial charge in [0.2, 0.25) is 0 Å². The Morgan fingerprint density at radius 1 is 0.783 bits per heavy atom. The van der Waals surface area contributed by atoms with Crippen LogP contribution in [0.4, 0.5) is 5.69 Å². The molecule has 0 spiro atoms. The van der Waals surface area contributed by atoms with Gasteiger partial charge in [-0.1, -0.05) is 48.6 Å². The third-order valence-electron chi connectivity index (χ3n) is 3.07. The van der Waals surface area contributed by atoms with Crippen molar-refractivity contribution >= 4 is 54.3 Å². The zero-order chi connectivity index (χ0) is 15.4. The summed E-state index contributed by atoms with van der Waals surface area (Å²) in [5.74, 6) is 0.0478. The van der Waals surface area contributed by atoms with E-state index in [4.69, 9.17) is 28.0 Å². The Morgan fingerprint density at radius 3 is 1.78 bits per heavy atom. The fourth-order valence-corrected chi connectivity index (χ4v) is 1.85. The van der Waals surface area contributed by atoms with Gasteiger partial charge in [0, 0.05) is 16.8 Å². The predicted molar refractivity (Wildman–Crippen MR) is 103 cm³/mol. The molecule has 0 amide bonds. The molecule has 0 fully saturated rings. The minimum Gasteiger partial charge on any atom is -0.398 e. The zero-order valence-electron chi connectivity index (χ0n) is 12.2. The van der Waals surface area contributed by atoms with Gasteiger partial charge in [-0.2, -0.15) is 0 Å². The van der Waals surface area contributed by atoms with Crippen molar-refractivity contribution in [3.8, 4) is 0 Å². The van der Waals surface area contributed by atoms with Gasteiger partial charge in [-0.05, 0) is 17.2 Å². The summed E-state index contributed by atoms with van der Waals surface area (Å²) < 4.78 is 0. The molecule has 0 aliphatic rings. The summed E-state index contributed by atoms with van der Waals surface area (Å²) >= 11 is 0. The van der Waals surface area contributed by atoms with E-state index >= 15 is 0 Å². The number of amidine groups is 2. The first-order valence-corrected chi connectivity index (χ1v) is 6.34. The Labute approximate surface area is 147 Å². The lowest BCUT2D eigenvalue weighted by atomic mass is 10.1. The molecule has 2 aromatic carbocycles. The van der Waals surface area contributed by atoms with E-state index in [1.165, 1.54) is 0 Å². The van der Waals surface area contributed by atoms with Crippen LogP contribution in [0.25, 0.3) is 12.2 Å². The number of anilines is 1. The number of hydrogen-bond donors (Lipinski definition) is 5.